The molecule has 1 amide bonds. The van der Waals surface area contributed by atoms with Gasteiger partial charge in [0.1, 0.15) is 5.01 Å². The van der Waals surface area contributed by atoms with Crippen molar-refractivity contribution < 1.29 is 4.79 Å². The maximum absolute atomic E-state index is 11.2. The lowest BCUT2D eigenvalue weighted by Gasteiger charge is -1.99. The van der Waals surface area contributed by atoms with Gasteiger partial charge in [0.05, 0.1) is 6.54 Å². The quantitative estimate of drug-likeness (QED) is 0.842. The molecule has 0 saturated heterocycles. The number of hydrogen-bond donors (Lipinski definition) is 2. The zero-order valence-corrected chi connectivity index (χ0v) is 11.2. The van der Waals surface area contributed by atoms with Crippen LogP contribution in [0.5, 0.6) is 0 Å². The summed E-state index contributed by atoms with van der Waals surface area (Å²) in [5.74, 6) is 0.462. The monoisotopic (exact) mass is 264 g/mol. The fraction of sp³-hybridized carbons (Fsp3) is 0.667. The second-order valence-electron chi connectivity index (χ2n) is 3.68. The first-order valence-corrected chi connectivity index (χ1v) is 5.70. The van der Waals surface area contributed by atoms with Gasteiger partial charge in [-0.2, -0.15) is 0 Å². The Hall–Kier alpha value is -0.720. The van der Waals surface area contributed by atoms with E-state index in [-0.39, 0.29) is 18.3 Å². The molecule has 16 heavy (non-hydrogen) atoms. The van der Waals surface area contributed by atoms with Crippen LogP contribution in [0.25, 0.3) is 0 Å². The highest BCUT2D eigenvalue weighted by Crippen LogP contribution is 2.17. The molecule has 1 rings (SSSR count). The molecule has 0 radical (unpaired) electrons. The fourth-order valence-electron chi connectivity index (χ4n) is 1.06. The third kappa shape index (κ3) is 5.39. The third-order valence-corrected chi connectivity index (χ3v) is 2.49. The van der Waals surface area contributed by atoms with E-state index in [9.17, 15) is 4.79 Å². The molecule has 1 heterocycles. The number of nitrogens with zero attached hydrogens (tertiary/aromatic N) is 2. The smallest absolute Gasteiger partial charge is 0.240 e. The molecule has 0 aliphatic carbocycles. The van der Waals surface area contributed by atoms with Crippen molar-refractivity contribution in [3.63, 3.8) is 0 Å². The Kier molecular flexibility index (Phi) is 7.20. The number of likely N-dealkylation sites (N-methyl/N-ethyl adjacent to an activating group) is 1. The minimum absolute atomic E-state index is 0. The summed E-state index contributed by atoms with van der Waals surface area (Å²) < 4.78 is 0. The van der Waals surface area contributed by atoms with E-state index in [4.69, 9.17) is 0 Å². The van der Waals surface area contributed by atoms with Gasteiger partial charge in [-0.05, 0) is 13.0 Å². The molecule has 5 nitrogen and oxygen atoms in total. The van der Waals surface area contributed by atoms with Crippen molar-refractivity contribution in [1.82, 2.24) is 15.5 Å². The molecule has 0 saturated carbocycles. The molecule has 0 atom stereocenters. The molecule has 1 aromatic rings. The first-order chi connectivity index (χ1) is 7.11. The molecular weight excluding hydrogens is 248 g/mol. The van der Waals surface area contributed by atoms with Crippen LogP contribution in [0.2, 0.25) is 0 Å². The number of halogens is 1. The van der Waals surface area contributed by atoms with Crippen molar-refractivity contribution in [3.8, 4) is 0 Å². The van der Waals surface area contributed by atoms with Gasteiger partial charge in [-0.1, -0.05) is 25.2 Å². The van der Waals surface area contributed by atoms with Crippen LogP contribution in [0.4, 0.5) is 5.13 Å². The number of hydrogen-bond acceptors (Lipinski definition) is 5. The largest absolute Gasteiger partial charge is 0.311 e. The molecule has 0 aliphatic heterocycles. The fourth-order valence-corrected chi connectivity index (χ4v) is 2.03. The Morgan fingerprint density at radius 2 is 2.12 bits per heavy atom. The minimum Gasteiger partial charge on any atom is -0.311 e. The third-order valence-electron chi connectivity index (χ3n) is 1.63. The van der Waals surface area contributed by atoms with Crippen LogP contribution in [0.1, 0.15) is 18.9 Å². The molecule has 92 valence electrons. The molecular formula is C9H17ClN4OS. The Balaban J connectivity index is 0.00000225. The van der Waals surface area contributed by atoms with Gasteiger partial charge in [-0.3, -0.25) is 10.1 Å². The lowest BCUT2D eigenvalue weighted by molar-refractivity contribution is -0.115. The van der Waals surface area contributed by atoms with E-state index < -0.39 is 0 Å². The molecule has 0 aromatic carbocycles. The van der Waals surface area contributed by atoms with Crippen molar-refractivity contribution in [2.45, 2.75) is 20.3 Å². The topological polar surface area (TPSA) is 66.9 Å². The summed E-state index contributed by atoms with van der Waals surface area (Å²) in [6, 6.07) is 0. The molecule has 2 N–H and O–H groups in total. The summed E-state index contributed by atoms with van der Waals surface area (Å²) in [5.41, 5.74) is 0. The van der Waals surface area contributed by atoms with E-state index in [2.05, 4.69) is 34.7 Å². The predicted octanol–water partition coefficient (Wildman–Crippen LogP) is 1.32. The molecule has 0 fully saturated rings. The Morgan fingerprint density at radius 1 is 1.44 bits per heavy atom. The molecule has 0 spiro atoms. The summed E-state index contributed by atoms with van der Waals surface area (Å²) in [4.78, 5) is 11.2. The average molecular weight is 265 g/mol. The lowest BCUT2D eigenvalue weighted by Crippen LogP contribution is -2.24. The number of carbonyl (C=O) groups excluding carboxylic acids is 1. The van der Waals surface area contributed by atoms with Gasteiger partial charge in [0.15, 0.2) is 0 Å². The van der Waals surface area contributed by atoms with Crippen molar-refractivity contribution >= 4 is 34.8 Å². The van der Waals surface area contributed by atoms with E-state index in [1.807, 2.05) is 0 Å². The number of aromatic nitrogens is 2. The van der Waals surface area contributed by atoms with Gasteiger partial charge < -0.3 is 5.32 Å². The Bertz CT molecular complexity index is 329. The van der Waals surface area contributed by atoms with E-state index >= 15 is 0 Å². The van der Waals surface area contributed by atoms with Crippen LogP contribution in [-0.2, 0) is 11.2 Å². The van der Waals surface area contributed by atoms with Crippen LogP contribution in [0.3, 0.4) is 0 Å². The average Bonchev–Trinajstić information content (AvgIpc) is 2.51. The van der Waals surface area contributed by atoms with Crippen molar-refractivity contribution in [1.29, 1.82) is 0 Å². The van der Waals surface area contributed by atoms with Crippen LogP contribution in [-0.4, -0.2) is 29.7 Å². The SMILES string of the molecule is CNCC(=O)Nc1nnc(CC(C)C)s1.Cl. The number of anilines is 1. The number of carbonyl (C=O) groups is 1. The van der Waals surface area contributed by atoms with Gasteiger partial charge >= 0.3 is 0 Å². The van der Waals surface area contributed by atoms with Crippen LogP contribution < -0.4 is 10.6 Å². The Labute approximate surface area is 105 Å². The highest BCUT2D eigenvalue weighted by Gasteiger charge is 2.08. The van der Waals surface area contributed by atoms with Gasteiger partial charge in [-0.25, -0.2) is 0 Å². The molecule has 0 unspecified atom stereocenters. The zero-order valence-electron chi connectivity index (χ0n) is 9.61. The van der Waals surface area contributed by atoms with E-state index in [1.165, 1.54) is 11.3 Å². The summed E-state index contributed by atoms with van der Waals surface area (Å²) in [7, 11) is 1.73. The van der Waals surface area contributed by atoms with E-state index in [1.54, 1.807) is 7.05 Å². The van der Waals surface area contributed by atoms with Gasteiger partial charge in [0, 0.05) is 6.42 Å². The van der Waals surface area contributed by atoms with Crippen molar-refractivity contribution in [2.75, 3.05) is 18.9 Å². The highest BCUT2D eigenvalue weighted by molar-refractivity contribution is 7.15. The number of nitrogens with one attached hydrogen (secondary N) is 2. The van der Waals surface area contributed by atoms with Gasteiger partial charge in [0.25, 0.3) is 0 Å². The summed E-state index contributed by atoms with van der Waals surface area (Å²) in [6.45, 7) is 4.54. The summed E-state index contributed by atoms with van der Waals surface area (Å²) >= 11 is 1.43. The highest BCUT2D eigenvalue weighted by atomic mass is 35.5. The maximum atomic E-state index is 11.2. The molecule has 1 aromatic heterocycles. The van der Waals surface area contributed by atoms with Crippen molar-refractivity contribution in [2.24, 2.45) is 5.92 Å². The number of rotatable bonds is 5. The van der Waals surface area contributed by atoms with Crippen LogP contribution in [0, 0.1) is 5.92 Å². The standard InChI is InChI=1S/C9H16N4OS.ClH/c1-6(2)4-8-12-13-9(15-8)11-7(14)5-10-3;/h6,10H,4-5H2,1-3H3,(H,11,13,14);1H. The Morgan fingerprint density at radius 3 is 2.69 bits per heavy atom. The summed E-state index contributed by atoms with van der Waals surface area (Å²) in [5, 5.41) is 14.9. The predicted molar refractivity (Wildman–Crippen MR) is 68.3 cm³/mol. The van der Waals surface area contributed by atoms with Crippen LogP contribution >= 0.6 is 23.7 Å². The first kappa shape index (κ1) is 15.3. The zero-order chi connectivity index (χ0) is 11.3. The lowest BCUT2D eigenvalue weighted by atomic mass is 10.1. The molecule has 0 bridgehead atoms. The maximum Gasteiger partial charge on any atom is 0.240 e. The molecule has 7 heteroatoms. The summed E-state index contributed by atoms with van der Waals surface area (Å²) in [6.07, 6.45) is 0.902. The molecule has 0 aliphatic rings. The van der Waals surface area contributed by atoms with Gasteiger partial charge in [0.2, 0.25) is 11.0 Å². The van der Waals surface area contributed by atoms with Crippen molar-refractivity contribution in [3.05, 3.63) is 5.01 Å². The van der Waals surface area contributed by atoms with E-state index in [0.29, 0.717) is 17.6 Å². The van der Waals surface area contributed by atoms with Gasteiger partial charge in [-0.15, -0.1) is 22.6 Å². The van der Waals surface area contributed by atoms with E-state index in [0.717, 1.165) is 11.4 Å². The van der Waals surface area contributed by atoms with Crippen LogP contribution in [0.15, 0.2) is 0 Å². The second kappa shape index (κ2) is 7.54. The first-order valence-electron chi connectivity index (χ1n) is 4.88. The number of amides is 1. The minimum atomic E-state index is -0.0928. The second-order valence-corrected chi connectivity index (χ2v) is 4.74. The normalized spacial score (nSPS) is 10.0.